The highest BCUT2D eigenvalue weighted by Gasteiger charge is 2.38. The molecule has 1 atom stereocenters. The molecule has 0 aromatic carbocycles. The van der Waals surface area contributed by atoms with E-state index in [0.717, 1.165) is 0 Å². The van der Waals surface area contributed by atoms with Gasteiger partial charge in [0, 0.05) is 19.4 Å². The Morgan fingerprint density at radius 1 is 1.53 bits per heavy atom. The van der Waals surface area contributed by atoms with Crippen molar-refractivity contribution in [2.24, 2.45) is 5.92 Å². The summed E-state index contributed by atoms with van der Waals surface area (Å²) < 4.78 is 27.6. The molecule has 0 saturated heterocycles. The van der Waals surface area contributed by atoms with Crippen LogP contribution in [0.2, 0.25) is 0 Å². The molecule has 17 heavy (non-hydrogen) atoms. The lowest BCUT2D eigenvalue weighted by Crippen LogP contribution is -2.28. The molecular weight excluding hydrogens is 228 g/mol. The average molecular weight is 245 g/mol. The van der Waals surface area contributed by atoms with E-state index in [-0.39, 0.29) is 18.8 Å². The summed E-state index contributed by atoms with van der Waals surface area (Å²) >= 11 is 0. The molecule has 1 N–H and O–H groups in total. The summed E-state index contributed by atoms with van der Waals surface area (Å²) in [6.07, 6.45) is 0.993. The Morgan fingerprint density at radius 3 is 2.76 bits per heavy atom. The van der Waals surface area contributed by atoms with Crippen molar-refractivity contribution in [2.45, 2.75) is 51.2 Å². The lowest BCUT2D eigenvalue weighted by Gasteiger charge is -2.30. The molecule has 1 aliphatic carbocycles. The van der Waals surface area contributed by atoms with E-state index in [4.69, 9.17) is 0 Å². The summed E-state index contributed by atoms with van der Waals surface area (Å²) in [6.45, 7) is 2.52. The zero-order chi connectivity index (χ0) is 12.5. The summed E-state index contributed by atoms with van der Waals surface area (Å²) in [5.41, 5.74) is 0. The molecule has 1 aromatic rings. The van der Waals surface area contributed by atoms with Gasteiger partial charge in [-0.25, -0.2) is 18.4 Å². The molecule has 6 heteroatoms. The van der Waals surface area contributed by atoms with E-state index in [2.05, 4.69) is 10.1 Å². The molecule has 1 saturated carbocycles. The first kappa shape index (κ1) is 12.4. The number of aliphatic hydroxyl groups is 1. The molecule has 1 fully saturated rings. The predicted octanol–water partition coefficient (Wildman–Crippen LogP) is 2.16. The van der Waals surface area contributed by atoms with Crippen LogP contribution in [0.3, 0.4) is 0 Å². The van der Waals surface area contributed by atoms with Crippen molar-refractivity contribution in [1.29, 1.82) is 0 Å². The highest BCUT2D eigenvalue weighted by atomic mass is 19.3. The van der Waals surface area contributed by atoms with Gasteiger partial charge >= 0.3 is 0 Å². The fraction of sp³-hybridized carbons (Fsp3) is 0.818. The van der Waals surface area contributed by atoms with Crippen LogP contribution in [0, 0.1) is 5.92 Å². The molecule has 96 valence electrons. The molecule has 2 rings (SSSR count). The quantitative estimate of drug-likeness (QED) is 0.887. The number of halogens is 2. The minimum Gasteiger partial charge on any atom is -0.385 e. The molecule has 0 spiro atoms. The van der Waals surface area contributed by atoms with E-state index in [9.17, 15) is 13.9 Å². The second-order valence-electron chi connectivity index (χ2n) is 4.57. The van der Waals surface area contributed by atoms with Gasteiger partial charge in [0.1, 0.15) is 12.4 Å². The standard InChI is InChI=1S/C11H17F2N3O/c1-2-16-10(14-7-15-16)9(17)8-3-5-11(12,13)6-4-8/h7-9,17H,2-6H2,1H3. The number of aliphatic hydroxyl groups excluding tert-OH is 1. The van der Waals surface area contributed by atoms with Gasteiger partial charge in [0.2, 0.25) is 5.92 Å². The Morgan fingerprint density at radius 2 is 2.18 bits per heavy atom. The highest BCUT2D eigenvalue weighted by Crippen LogP contribution is 2.40. The van der Waals surface area contributed by atoms with Crippen LogP contribution >= 0.6 is 0 Å². The van der Waals surface area contributed by atoms with Crippen LogP contribution in [0.4, 0.5) is 8.78 Å². The Hall–Kier alpha value is -1.04. The lowest BCUT2D eigenvalue weighted by atomic mass is 9.83. The summed E-state index contributed by atoms with van der Waals surface area (Å²) in [5.74, 6) is -2.21. The van der Waals surface area contributed by atoms with Crippen LogP contribution in [0.1, 0.15) is 44.5 Å². The fourth-order valence-electron chi connectivity index (χ4n) is 2.33. The number of aromatic nitrogens is 3. The fourth-order valence-corrected chi connectivity index (χ4v) is 2.33. The summed E-state index contributed by atoms with van der Waals surface area (Å²) in [4.78, 5) is 4.01. The smallest absolute Gasteiger partial charge is 0.248 e. The zero-order valence-corrected chi connectivity index (χ0v) is 9.81. The van der Waals surface area contributed by atoms with E-state index in [1.165, 1.54) is 6.33 Å². The summed E-state index contributed by atoms with van der Waals surface area (Å²) in [7, 11) is 0. The molecule has 0 bridgehead atoms. The third-order valence-corrected chi connectivity index (χ3v) is 3.42. The predicted molar refractivity (Wildman–Crippen MR) is 57.6 cm³/mol. The summed E-state index contributed by atoms with van der Waals surface area (Å²) in [5, 5.41) is 14.1. The number of alkyl halides is 2. The van der Waals surface area contributed by atoms with Crippen molar-refractivity contribution >= 4 is 0 Å². The molecule has 1 aliphatic rings. The topological polar surface area (TPSA) is 50.9 Å². The van der Waals surface area contributed by atoms with Crippen LogP contribution in [0.25, 0.3) is 0 Å². The van der Waals surface area contributed by atoms with Crippen LogP contribution in [0.15, 0.2) is 6.33 Å². The number of nitrogens with zero attached hydrogens (tertiary/aromatic N) is 3. The second kappa shape index (κ2) is 4.68. The Balaban J connectivity index is 2.04. The van der Waals surface area contributed by atoms with Gasteiger partial charge in [-0.2, -0.15) is 5.10 Å². The van der Waals surface area contributed by atoms with Crippen LogP contribution < -0.4 is 0 Å². The Bertz CT molecular complexity index is 371. The molecule has 0 amide bonds. The first-order valence-corrected chi connectivity index (χ1v) is 5.97. The van der Waals surface area contributed by atoms with Gasteiger partial charge in [-0.05, 0) is 25.7 Å². The van der Waals surface area contributed by atoms with E-state index in [1.54, 1.807) is 4.68 Å². The average Bonchev–Trinajstić information content (AvgIpc) is 2.76. The molecule has 1 aromatic heterocycles. The maximum Gasteiger partial charge on any atom is 0.248 e. The van der Waals surface area contributed by atoms with Crippen molar-refractivity contribution in [3.63, 3.8) is 0 Å². The van der Waals surface area contributed by atoms with Gasteiger partial charge in [-0.15, -0.1) is 0 Å². The van der Waals surface area contributed by atoms with E-state index >= 15 is 0 Å². The third-order valence-electron chi connectivity index (χ3n) is 3.42. The van der Waals surface area contributed by atoms with Crippen LogP contribution in [-0.2, 0) is 6.54 Å². The lowest BCUT2D eigenvalue weighted by molar-refractivity contribution is -0.0642. The van der Waals surface area contributed by atoms with Crippen molar-refractivity contribution < 1.29 is 13.9 Å². The first-order chi connectivity index (χ1) is 8.03. The number of aryl methyl sites for hydroxylation is 1. The molecule has 4 nitrogen and oxygen atoms in total. The van der Waals surface area contributed by atoms with Gasteiger partial charge < -0.3 is 5.11 Å². The first-order valence-electron chi connectivity index (χ1n) is 5.97. The normalized spacial score (nSPS) is 22.6. The number of hydrogen-bond donors (Lipinski definition) is 1. The van der Waals surface area contributed by atoms with Crippen molar-refractivity contribution in [3.05, 3.63) is 12.2 Å². The Kier molecular flexibility index (Phi) is 3.42. The highest BCUT2D eigenvalue weighted by molar-refractivity contribution is 4.95. The maximum absolute atomic E-state index is 13.0. The van der Waals surface area contributed by atoms with Gasteiger partial charge in [-0.1, -0.05) is 0 Å². The van der Waals surface area contributed by atoms with E-state index in [0.29, 0.717) is 25.2 Å². The van der Waals surface area contributed by atoms with Gasteiger partial charge in [-0.3, -0.25) is 0 Å². The van der Waals surface area contributed by atoms with E-state index in [1.807, 2.05) is 6.92 Å². The maximum atomic E-state index is 13.0. The second-order valence-corrected chi connectivity index (χ2v) is 4.57. The van der Waals surface area contributed by atoms with Crippen molar-refractivity contribution in [3.8, 4) is 0 Å². The molecule has 0 radical (unpaired) electrons. The SMILES string of the molecule is CCn1ncnc1C(O)C1CCC(F)(F)CC1. The van der Waals surface area contributed by atoms with Crippen molar-refractivity contribution in [2.75, 3.05) is 0 Å². The van der Waals surface area contributed by atoms with Gasteiger partial charge in [0.25, 0.3) is 0 Å². The van der Waals surface area contributed by atoms with Gasteiger partial charge in [0.05, 0.1) is 0 Å². The minimum absolute atomic E-state index is 0.135. The Labute approximate surface area is 98.7 Å². The molecule has 0 aliphatic heterocycles. The number of rotatable bonds is 3. The van der Waals surface area contributed by atoms with Crippen molar-refractivity contribution in [1.82, 2.24) is 14.8 Å². The monoisotopic (exact) mass is 245 g/mol. The summed E-state index contributed by atoms with van der Waals surface area (Å²) in [6, 6.07) is 0. The third kappa shape index (κ3) is 2.62. The van der Waals surface area contributed by atoms with Crippen LogP contribution in [-0.4, -0.2) is 25.8 Å². The molecular formula is C11H17F2N3O. The largest absolute Gasteiger partial charge is 0.385 e. The molecule has 1 unspecified atom stereocenters. The van der Waals surface area contributed by atoms with Gasteiger partial charge in [0.15, 0.2) is 5.82 Å². The van der Waals surface area contributed by atoms with E-state index < -0.39 is 12.0 Å². The minimum atomic E-state index is -2.56. The molecule has 1 heterocycles. The number of hydrogen-bond acceptors (Lipinski definition) is 3. The van der Waals surface area contributed by atoms with Crippen LogP contribution in [0.5, 0.6) is 0 Å². The zero-order valence-electron chi connectivity index (χ0n) is 9.81.